The maximum atomic E-state index is 15.7. The van der Waals surface area contributed by atoms with Crippen LogP contribution in [0.3, 0.4) is 0 Å². The van der Waals surface area contributed by atoms with Gasteiger partial charge < -0.3 is 34.6 Å². The minimum atomic E-state index is -2.56. The summed E-state index contributed by atoms with van der Waals surface area (Å²) in [6, 6.07) is 42.2. The number of benzene rings is 5. The molecule has 0 aliphatic carbocycles. The molecule has 3 amide bonds. The normalized spacial score (nSPS) is 22.6. The highest BCUT2D eigenvalue weighted by Gasteiger charge is 2.66. The average Bonchev–Trinajstić information content (AvgIpc) is 3.86. The number of nitrogens with zero attached hydrogens (tertiary/aromatic N) is 4. The van der Waals surface area contributed by atoms with Crippen LogP contribution in [0.25, 0.3) is 0 Å². The molecule has 4 aliphatic heterocycles. The number of aliphatic hydroxyl groups excluding tert-OH is 1. The van der Waals surface area contributed by atoms with Crippen LogP contribution >= 0.6 is 15.9 Å². The third kappa shape index (κ3) is 7.98. The highest BCUT2D eigenvalue weighted by Crippen LogP contribution is 2.60. The van der Waals surface area contributed by atoms with Gasteiger partial charge in [0.05, 0.1) is 53.2 Å². The van der Waals surface area contributed by atoms with E-state index >= 15 is 4.79 Å². The molecule has 13 heteroatoms. The fraction of sp³-hybridized carbons (Fsp3) is 0.365. The molecule has 5 aromatic rings. The van der Waals surface area contributed by atoms with Crippen LogP contribution in [0.4, 0.5) is 17.1 Å². The number of aliphatic hydroxyl groups is 1. The van der Waals surface area contributed by atoms with E-state index in [0.717, 1.165) is 57.1 Å². The average molecular weight is 957 g/mol. The molecule has 0 saturated carbocycles. The number of halogens is 1. The lowest BCUT2D eigenvalue weighted by molar-refractivity contribution is -0.150. The van der Waals surface area contributed by atoms with Crippen molar-refractivity contribution in [1.29, 1.82) is 0 Å². The Labute approximate surface area is 391 Å². The second-order valence-electron chi connectivity index (χ2n) is 18.5. The maximum absolute atomic E-state index is 15.7. The van der Waals surface area contributed by atoms with E-state index in [2.05, 4.69) is 70.4 Å². The Kier molecular flexibility index (Phi) is 12.5. The van der Waals surface area contributed by atoms with Gasteiger partial charge in [-0.15, -0.1) is 0 Å². The summed E-state index contributed by atoms with van der Waals surface area (Å²) in [6.07, 6.45) is 0.873. The lowest BCUT2D eigenvalue weighted by atomic mass is 9.82. The molecule has 338 valence electrons. The van der Waals surface area contributed by atoms with Crippen molar-refractivity contribution >= 4 is 64.0 Å². The van der Waals surface area contributed by atoms with Crippen LogP contribution in [0.2, 0.25) is 18.6 Å². The van der Waals surface area contributed by atoms with Crippen molar-refractivity contribution in [2.24, 2.45) is 5.92 Å². The number of rotatable bonds is 13. The number of nitrogens with one attached hydrogen (secondary N) is 1. The summed E-state index contributed by atoms with van der Waals surface area (Å²) in [5.74, 6) is 0.227. The number of methoxy groups -OCH3 is 1. The van der Waals surface area contributed by atoms with Gasteiger partial charge in [-0.3, -0.25) is 19.3 Å². The van der Waals surface area contributed by atoms with Gasteiger partial charge in [0.25, 0.3) is 11.8 Å². The van der Waals surface area contributed by atoms with Crippen molar-refractivity contribution in [3.63, 3.8) is 0 Å². The molecule has 4 heterocycles. The quantitative estimate of drug-likeness (QED) is 0.116. The molecule has 5 aromatic carbocycles. The highest BCUT2D eigenvalue weighted by molar-refractivity contribution is 9.10. The first-order valence-corrected chi connectivity index (χ1v) is 26.6. The first-order chi connectivity index (χ1) is 31.4. The number of hydrogen-bond donors (Lipinski definition) is 2. The maximum Gasteiger partial charge on any atom is 0.264 e. The van der Waals surface area contributed by atoms with Gasteiger partial charge in [0, 0.05) is 40.4 Å². The van der Waals surface area contributed by atoms with Gasteiger partial charge >= 0.3 is 0 Å². The van der Waals surface area contributed by atoms with Gasteiger partial charge in [0.1, 0.15) is 11.3 Å². The van der Waals surface area contributed by atoms with E-state index < -0.39 is 25.3 Å². The van der Waals surface area contributed by atoms with Crippen LogP contribution in [0, 0.1) is 5.92 Å². The Morgan fingerprint density at radius 2 is 1.55 bits per heavy atom. The van der Waals surface area contributed by atoms with E-state index in [1.807, 2.05) is 113 Å². The molecule has 4 aliphatic rings. The predicted molar refractivity (Wildman–Crippen MR) is 261 cm³/mol. The summed E-state index contributed by atoms with van der Waals surface area (Å²) >= 11 is 3.74. The second-order valence-corrected chi connectivity index (χ2v) is 24.1. The predicted octanol–water partition coefficient (Wildman–Crippen LogP) is 7.56. The van der Waals surface area contributed by atoms with Crippen molar-refractivity contribution in [3.8, 4) is 5.75 Å². The van der Waals surface area contributed by atoms with Crippen LogP contribution in [0.5, 0.6) is 5.75 Å². The van der Waals surface area contributed by atoms with Gasteiger partial charge in [0.2, 0.25) is 5.91 Å². The monoisotopic (exact) mass is 955 g/mol. The minimum absolute atomic E-state index is 0.0518. The first-order valence-electron chi connectivity index (χ1n) is 22.7. The molecule has 0 bridgehead atoms. The first kappa shape index (κ1) is 44.9. The van der Waals surface area contributed by atoms with E-state index in [9.17, 15) is 14.7 Å². The molecular formula is C52H58BrN5O6Si. The number of amides is 3. The lowest BCUT2D eigenvalue weighted by Gasteiger charge is -2.39. The van der Waals surface area contributed by atoms with E-state index in [4.69, 9.17) is 9.47 Å². The number of fused-ring (bicyclic) bond motifs is 2. The van der Waals surface area contributed by atoms with Crippen LogP contribution in [-0.4, -0.2) is 87.5 Å². The second kappa shape index (κ2) is 18.2. The number of para-hydroxylation sites is 1. The summed E-state index contributed by atoms with van der Waals surface area (Å²) in [7, 11) is -0.906. The lowest BCUT2D eigenvalue weighted by Crippen LogP contribution is -2.55. The fourth-order valence-corrected chi connectivity index (χ4v) is 15.7. The van der Waals surface area contributed by atoms with Gasteiger partial charge in [-0.1, -0.05) is 114 Å². The number of carbonyl (C=O) groups is 3. The molecule has 65 heavy (non-hydrogen) atoms. The summed E-state index contributed by atoms with van der Waals surface area (Å²) in [5.41, 5.74) is 3.02. The topological polar surface area (TPSA) is 115 Å². The van der Waals surface area contributed by atoms with Crippen molar-refractivity contribution in [1.82, 2.24) is 10.2 Å². The molecule has 0 aromatic heterocycles. The number of hydrogen-bond acceptors (Lipinski definition) is 8. The molecule has 2 N–H and O–H groups in total. The van der Waals surface area contributed by atoms with E-state index in [1.165, 1.54) is 5.19 Å². The Bertz CT molecular complexity index is 2540. The Morgan fingerprint density at radius 3 is 2.25 bits per heavy atom. The zero-order valence-electron chi connectivity index (χ0n) is 37.6. The van der Waals surface area contributed by atoms with E-state index in [0.29, 0.717) is 26.1 Å². The summed E-state index contributed by atoms with van der Waals surface area (Å²) < 4.78 is 13.7. The number of carbonyl (C=O) groups excluding carboxylic acids is 3. The van der Waals surface area contributed by atoms with Crippen molar-refractivity contribution < 1.29 is 29.0 Å². The number of anilines is 3. The minimum Gasteiger partial charge on any atom is -0.497 e. The SMILES string of the molecule is COc1ccc([Si](C)(C)[C@@H]2[C@@H](CC(=O)N(CCO)Cc3ccccc3)O[C@]3(C(=O)N(Cc4cccc(N5CN(c6ccccc6)C6(CCNCC6)C5=O)c4)c4ccc(Br)cc43)[C@H]2C)cc1. The Balaban J connectivity index is 1.06. The Morgan fingerprint density at radius 1 is 0.877 bits per heavy atom. The zero-order chi connectivity index (χ0) is 45.5. The van der Waals surface area contributed by atoms with E-state index in [-0.39, 0.29) is 55.3 Å². The summed E-state index contributed by atoms with van der Waals surface area (Å²) in [5, 5.41) is 14.7. The van der Waals surface area contributed by atoms with E-state index in [1.54, 1.807) is 12.0 Å². The van der Waals surface area contributed by atoms with Gasteiger partial charge in [0.15, 0.2) is 5.60 Å². The third-order valence-corrected chi connectivity index (χ3v) is 19.5. The van der Waals surface area contributed by atoms with Gasteiger partial charge in [-0.25, -0.2) is 0 Å². The molecule has 3 saturated heterocycles. The van der Waals surface area contributed by atoms with Crippen molar-refractivity contribution in [3.05, 3.63) is 149 Å². The molecule has 9 rings (SSSR count). The van der Waals surface area contributed by atoms with Gasteiger partial charge in [-0.2, -0.15) is 0 Å². The van der Waals surface area contributed by atoms with Crippen molar-refractivity contribution in [2.45, 2.75) is 75.2 Å². The zero-order valence-corrected chi connectivity index (χ0v) is 40.2. The van der Waals surface area contributed by atoms with Crippen LogP contribution < -0.4 is 29.9 Å². The number of ether oxygens (including phenoxy) is 2. The summed E-state index contributed by atoms with van der Waals surface area (Å²) in [6.45, 7) is 9.32. The highest BCUT2D eigenvalue weighted by atomic mass is 79.9. The molecule has 3 fully saturated rings. The molecule has 4 atom stereocenters. The Hall–Kier alpha value is -5.31. The van der Waals surface area contributed by atoms with Crippen LogP contribution in [0.1, 0.15) is 42.9 Å². The van der Waals surface area contributed by atoms with Gasteiger partial charge in [-0.05, 0) is 97.2 Å². The third-order valence-electron chi connectivity index (χ3n) is 14.6. The molecular weight excluding hydrogens is 899 g/mol. The standard InChI is InChI=1S/C52H58BrN5O6Si/c1-36-48(65(3,4)43-21-19-42(63-2)20-22-43)46(32-47(60)55(28-29-59)33-37-12-7-5-8-13-37)64-52(36)44-31-39(53)18-23-45(44)56(50(52)62)34-38-14-11-17-41(30-38)57-35-58(40-15-9-6-10-16-40)51(49(57)61)24-26-54-27-25-51/h5-23,30-31,36,46,48,54,59H,24-29,32-35H2,1-4H3/t36-,46+,48-,52+/m0/s1. The number of piperidine rings is 1. The largest absolute Gasteiger partial charge is 0.497 e. The van der Waals surface area contributed by atoms with Crippen LogP contribution in [-0.2, 0) is 37.8 Å². The van der Waals surface area contributed by atoms with Crippen LogP contribution in [0.15, 0.2) is 132 Å². The molecule has 0 unspecified atom stereocenters. The smallest absolute Gasteiger partial charge is 0.264 e. The van der Waals surface area contributed by atoms with Crippen molar-refractivity contribution in [2.75, 3.05) is 54.7 Å². The fourth-order valence-electron chi connectivity index (χ4n) is 11.3. The molecule has 0 radical (unpaired) electrons. The molecule has 2 spiro atoms. The summed E-state index contributed by atoms with van der Waals surface area (Å²) in [4.78, 5) is 52.6. The molecule has 11 nitrogen and oxygen atoms in total.